The lowest BCUT2D eigenvalue weighted by Crippen LogP contribution is -2.50. The molecule has 0 bridgehead atoms. The average molecular weight is 240 g/mol. The Hall–Kier alpha value is -0.810. The van der Waals surface area contributed by atoms with Crippen molar-refractivity contribution in [2.75, 3.05) is 20.3 Å². The van der Waals surface area contributed by atoms with Gasteiger partial charge in [-0.15, -0.1) is 0 Å². The van der Waals surface area contributed by atoms with E-state index in [0.29, 0.717) is 18.7 Å². The SMILES string of the molecule is COCCN(C(=NC1CC1)NN)C(C)C1CC1. The maximum atomic E-state index is 5.62. The van der Waals surface area contributed by atoms with E-state index in [9.17, 15) is 0 Å². The first kappa shape index (κ1) is 12.6. The van der Waals surface area contributed by atoms with Gasteiger partial charge in [-0.2, -0.15) is 0 Å². The van der Waals surface area contributed by atoms with E-state index in [2.05, 4.69) is 22.2 Å². The number of nitrogens with one attached hydrogen (secondary N) is 1. The second-order valence-corrected chi connectivity index (χ2v) is 5.09. The van der Waals surface area contributed by atoms with E-state index in [4.69, 9.17) is 10.6 Å². The first-order valence-electron chi connectivity index (χ1n) is 6.56. The molecule has 0 heterocycles. The number of guanidine groups is 1. The van der Waals surface area contributed by atoms with Crippen LogP contribution < -0.4 is 11.3 Å². The van der Waals surface area contributed by atoms with Crippen molar-refractivity contribution in [3.8, 4) is 0 Å². The van der Waals surface area contributed by atoms with Gasteiger partial charge in [0, 0.05) is 19.7 Å². The number of nitrogens with two attached hydrogens (primary N) is 1. The van der Waals surface area contributed by atoms with E-state index in [1.807, 2.05) is 0 Å². The Kier molecular flexibility index (Phi) is 4.23. The molecule has 2 saturated carbocycles. The molecular weight excluding hydrogens is 216 g/mol. The van der Waals surface area contributed by atoms with Gasteiger partial charge < -0.3 is 9.64 Å². The molecule has 0 amide bonds. The van der Waals surface area contributed by atoms with Crippen LogP contribution in [0, 0.1) is 5.92 Å². The third-order valence-corrected chi connectivity index (χ3v) is 3.59. The fraction of sp³-hybridized carbons (Fsp3) is 0.917. The normalized spacial score (nSPS) is 22.4. The van der Waals surface area contributed by atoms with E-state index in [0.717, 1.165) is 18.4 Å². The Morgan fingerprint density at radius 2 is 2.18 bits per heavy atom. The number of aliphatic imine (C=N–C) groups is 1. The summed E-state index contributed by atoms with van der Waals surface area (Å²) in [5.41, 5.74) is 2.77. The van der Waals surface area contributed by atoms with Crippen LogP contribution in [0.15, 0.2) is 4.99 Å². The largest absolute Gasteiger partial charge is 0.383 e. The first-order chi connectivity index (χ1) is 8.26. The van der Waals surface area contributed by atoms with E-state index in [-0.39, 0.29) is 0 Å². The summed E-state index contributed by atoms with van der Waals surface area (Å²) < 4.78 is 5.17. The molecule has 0 aromatic rings. The van der Waals surface area contributed by atoms with Crippen LogP contribution in [0.4, 0.5) is 0 Å². The van der Waals surface area contributed by atoms with E-state index in [1.165, 1.54) is 25.7 Å². The number of nitrogens with zero attached hydrogens (tertiary/aromatic N) is 2. The molecule has 0 aromatic carbocycles. The minimum absolute atomic E-state index is 0.484. The van der Waals surface area contributed by atoms with E-state index in [1.54, 1.807) is 7.11 Å². The van der Waals surface area contributed by atoms with Gasteiger partial charge in [0.05, 0.1) is 12.6 Å². The highest BCUT2D eigenvalue weighted by atomic mass is 16.5. The molecule has 1 atom stereocenters. The van der Waals surface area contributed by atoms with Crippen molar-refractivity contribution >= 4 is 5.96 Å². The molecule has 2 aliphatic rings. The number of hydrazine groups is 1. The fourth-order valence-corrected chi connectivity index (χ4v) is 2.10. The minimum atomic E-state index is 0.484. The van der Waals surface area contributed by atoms with Crippen molar-refractivity contribution in [3.63, 3.8) is 0 Å². The van der Waals surface area contributed by atoms with Crippen LogP contribution in [0.25, 0.3) is 0 Å². The molecule has 0 saturated heterocycles. The second kappa shape index (κ2) is 5.69. The van der Waals surface area contributed by atoms with Gasteiger partial charge in [0.25, 0.3) is 0 Å². The molecule has 0 aliphatic heterocycles. The van der Waals surface area contributed by atoms with Crippen LogP contribution in [0.3, 0.4) is 0 Å². The van der Waals surface area contributed by atoms with Gasteiger partial charge in [-0.05, 0) is 38.5 Å². The molecular formula is C12H24N4O. The van der Waals surface area contributed by atoms with Gasteiger partial charge in [-0.1, -0.05) is 0 Å². The number of hydrogen-bond acceptors (Lipinski definition) is 3. The number of rotatable bonds is 6. The van der Waals surface area contributed by atoms with Crippen molar-refractivity contribution < 1.29 is 4.74 Å². The maximum absolute atomic E-state index is 5.62. The van der Waals surface area contributed by atoms with Crippen LogP contribution in [0.1, 0.15) is 32.6 Å². The molecule has 3 N–H and O–H groups in total. The lowest BCUT2D eigenvalue weighted by molar-refractivity contribution is 0.157. The van der Waals surface area contributed by atoms with Crippen molar-refractivity contribution in [1.82, 2.24) is 10.3 Å². The third kappa shape index (κ3) is 3.57. The van der Waals surface area contributed by atoms with Crippen LogP contribution in [0.2, 0.25) is 0 Å². The monoisotopic (exact) mass is 240 g/mol. The lowest BCUT2D eigenvalue weighted by atomic mass is 10.2. The molecule has 2 fully saturated rings. The van der Waals surface area contributed by atoms with E-state index < -0.39 is 0 Å². The Morgan fingerprint density at radius 1 is 1.47 bits per heavy atom. The molecule has 5 nitrogen and oxygen atoms in total. The summed E-state index contributed by atoms with van der Waals surface area (Å²) in [6.07, 6.45) is 5.04. The summed E-state index contributed by atoms with van der Waals surface area (Å²) in [6.45, 7) is 3.82. The molecule has 5 heteroatoms. The predicted molar refractivity (Wildman–Crippen MR) is 68.5 cm³/mol. The van der Waals surface area contributed by atoms with Gasteiger partial charge in [-0.3, -0.25) is 5.43 Å². The smallest absolute Gasteiger partial charge is 0.209 e. The van der Waals surface area contributed by atoms with Crippen molar-refractivity contribution in [2.24, 2.45) is 16.8 Å². The van der Waals surface area contributed by atoms with E-state index >= 15 is 0 Å². The minimum Gasteiger partial charge on any atom is -0.383 e. The predicted octanol–water partition coefficient (Wildman–Crippen LogP) is 0.715. The highest BCUT2D eigenvalue weighted by Crippen LogP contribution is 2.35. The number of hydrogen-bond donors (Lipinski definition) is 2. The van der Waals surface area contributed by atoms with Crippen molar-refractivity contribution in [3.05, 3.63) is 0 Å². The molecule has 0 aromatic heterocycles. The summed E-state index contributed by atoms with van der Waals surface area (Å²) in [5.74, 6) is 7.25. The van der Waals surface area contributed by atoms with Crippen molar-refractivity contribution in [1.29, 1.82) is 0 Å². The van der Waals surface area contributed by atoms with Gasteiger partial charge in [-0.25, -0.2) is 10.8 Å². The van der Waals surface area contributed by atoms with Gasteiger partial charge in [0.2, 0.25) is 5.96 Å². The zero-order chi connectivity index (χ0) is 12.3. The summed E-state index contributed by atoms with van der Waals surface area (Å²) in [5, 5.41) is 0. The zero-order valence-corrected chi connectivity index (χ0v) is 10.9. The molecule has 98 valence electrons. The average Bonchev–Trinajstić information content (AvgIpc) is 3.18. The topological polar surface area (TPSA) is 62.9 Å². The number of ether oxygens (including phenoxy) is 1. The Morgan fingerprint density at radius 3 is 2.65 bits per heavy atom. The maximum Gasteiger partial charge on any atom is 0.209 e. The van der Waals surface area contributed by atoms with Crippen LogP contribution in [-0.4, -0.2) is 43.2 Å². The molecule has 17 heavy (non-hydrogen) atoms. The Balaban J connectivity index is 1.99. The second-order valence-electron chi connectivity index (χ2n) is 5.09. The van der Waals surface area contributed by atoms with Gasteiger partial charge in [0.15, 0.2) is 0 Å². The Labute approximate surface area is 103 Å². The summed E-state index contributed by atoms with van der Waals surface area (Å²) in [4.78, 5) is 6.91. The summed E-state index contributed by atoms with van der Waals surface area (Å²) in [6, 6.07) is 0.983. The third-order valence-electron chi connectivity index (χ3n) is 3.59. The lowest BCUT2D eigenvalue weighted by Gasteiger charge is -2.31. The van der Waals surface area contributed by atoms with Gasteiger partial charge in [0.1, 0.15) is 0 Å². The fourth-order valence-electron chi connectivity index (χ4n) is 2.10. The van der Waals surface area contributed by atoms with Crippen molar-refractivity contribution in [2.45, 2.75) is 44.7 Å². The quantitative estimate of drug-likeness (QED) is 0.311. The number of methoxy groups -OCH3 is 1. The summed E-state index contributed by atoms with van der Waals surface area (Å²) >= 11 is 0. The molecule has 0 radical (unpaired) electrons. The summed E-state index contributed by atoms with van der Waals surface area (Å²) in [7, 11) is 1.73. The molecule has 0 spiro atoms. The standard InChI is InChI=1S/C12H24N4O/c1-9(10-3-4-10)16(7-8-17-2)12(15-13)14-11-5-6-11/h9-11H,3-8,13H2,1-2H3,(H,14,15). The molecule has 2 aliphatic carbocycles. The highest BCUT2D eigenvalue weighted by Gasteiger charge is 2.34. The van der Waals surface area contributed by atoms with Gasteiger partial charge >= 0.3 is 0 Å². The first-order valence-corrected chi connectivity index (χ1v) is 6.56. The zero-order valence-electron chi connectivity index (χ0n) is 10.9. The Bertz CT molecular complexity index is 274. The molecule has 2 rings (SSSR count). The highest BCUT2D eigenvalue weighted by molar-refractivity contribution is 5.80. The molecule has 1 unspecified atom stereocenters. The van der Waals surface area contributed by atoms with Crippen LogP contribution >= 0.6 is 0 Å². The van der Waals surface area contributed by atoms with Crippen LogP contribution in [0.5, 0.6) is 0 Å². The van der Waals surface area contributed by atoms with Crippen LogP contribution in [-0.2, 0) is 4.74 Å².